The van der Waals surface area contributed by atoms with Crippen molar-refractivity contribution >= 4 is 21.6 Å². The first-order valence-electron chi connectivity index (χ1n) is 6.66. The van der Waals surface area contributed by atoms with E-state index in [4.69, 9.17) is 11.6 Å². The summed E-state index contributed by atoms with van der Waals surface area (Å²) in [5.74, 6) is 2.02. The molecule has 104 valence electrons. The number of hydrogen-bond donors (Lipinski definition) is 1. The summed E-state index contributed by atoms with van der Waals surface area (Å²) < 4.78 is 27.1. The van der Waals surface area contributed by atoms with Crippen molar-refractivity contribution in [3.63, 3.8) is 0 Å². The summed E-state index contributed by atoms with van der Waals surface area (Å²) >= 11 is 5.84. The standard InChI is InChI=1S/C13H17ClN2O2S/c14-13-12(2-1-5-15-13)19(17,18)16-8-11-7-9-3-4-10(11)6-9/h1-2,5,9-11,16H,3-4,6-8H2. The second-order valence-electron chi connectivity index (χ2n) is 5.58. The average molecular weight is 301 g/mol. The Morgan fingerprint density at radius 3 is 2.84 bits per heavy atom. The summed E-state index contributed by atoms with van der Waals surface area (Å²) in [6, 6.07) is 3.07. The largest absolute Gasteiger partial charge is 0.243 e. The second kappa shape index (κ2) is 5.04. The number of aromatic nitrogens is 1. The molecule has 2 aliphatic rings. The van der Waals surface area contributed by atoms with Gasteiger partial charge in [-0.3, -0.25) is 0 Å². The average Bonchev–Trinajstić information content (AvgIpc) is 2.99. The van der Waals surface area contributed by atoms with Crippen LogP contribution in [0.15, 0.2) is 23.2 Å². The van der Waals surface area contributed by atoms with Gasteiger partial charge in [0.1, 0.15) is 10.0 Å². The highest BCUT2D eigenvalue weighted by atomic mass is 35.5. The number of hydrogen-bond acceptors (Lipinski definition) is 3. The van der Waals surface area contributed by atoms with Gasteiger partial charge in [-0.25, -0.2) is 18.1 Å². The molecule has 0 saturated heterocycles. The Balaban J connectivity index is 1.68. The predicted octanol–water partition coefficient (Wildman–Crippen LogP) is 2.45. The van der Waals surface area contributed by atoms with Crippen LogP contribution in [0.1, 0.15) is 25.7 Å². The molecule has 1 heterocycles. The number of halogens is 1. The first-order valence-corrected chi connectivity index (χ1v) is 8.52. The Morgan fingerprint density at radius 1 is 1.37 bits per heavy atom. The fourth-order valence-corrected chi connectivity index (χ4v) is 5.04. The van der Waals surface area contributed by atoms with Crippen LogP contribution in [-0.4, -0.2) is 19.9 Å². The fraction of sp³-hybridized carbons (Fsp3) is 0.615. The lowest BCUT2D eigenvalue weighted by Crippen LogP contribution is -2.31. The molecule has 2 aliphatic carbocycles. The molecule has 2 saturated carbocycles. The zero-order chi connectivity index (χ0) is 13.5. The van der Waals surface area contributed by atoms with Crippen LogP contribution in [0.3, 0.4) is 0 Å². The molecule has 1 N–H and O–H groups in total. The Bertz CT molecular complexity index is 576. The third-order valence-electron chi connectivity index (χ3n) is 4.43. The third-order valence-corrected chi connectivity index (χ3v) is 6.30. The molecule has 19 heavy (non-hydrogen) atoms. The highest BCUT2D eigenvalue weighted by Gasteiger charge is 2.39. The molecule has 1 aromatic rings. The Hall–Kier alpha value is -0.650. The zero-order valence-corrected chi connectivity index (χ0v) is 12.1. The van der Waals surface area contributed by atoms with Gasteiger partial charge in [0, 0.05) is 12.7 Å². The zero-order valence-electron chi connectivity index (χ0n) is 10.5. The lowest BCUT2D eigenvalue weighted by molar-refractivity contribution is 0.333. The minimum absolute atomic E-state index is 0.0305. The molecule has 2 fully saturated rings. The Kier molecular flexibility index (Phi) is 3.53. The maximum Gasteiger partial charge on any atom is 0.243 e. The molecule has 0 spiro atoms. The van der Waals surface area contributed by atoms with Crippen LogP contribution in [-0.2, 0) is 10.0 Å². The van der Waals surface area contributed by atoms with E-state index in [1.54, 1.807) is 6.07 Å². The normalized spacial score (nSPS) is 29.8. The molecule has 6 heteroatoms. The number of fused-ring (bicyclic) bond motifs is 2. The number of nitrogens with one attached hydrogen (secondary N) is 1. The minimum Gasteiger partial charge on any atom is -0.243 e. The quantitative estimate of drug-likeness (QED) is 0.869. The first-order chi connectivity index (χ1) is 9.06. The van der Waals surface area contributed by atoms with E-state index < -0.39 is 10.0 Å². The van der Waals surface area contributed by atoms with Crippen molar-refractivity contribution < 1.29 is 8.42 Å². The van der Waals surface area contributed by atoms with E-state index in [-0.39, 0.29) is 10.0 Å². The molecule has 2 bridgehead atoms. The summed E-state index contributed by atoms with van der Waals surface area (Å²) in [5.41, 5.74) is 0. The third kappa shape index (κ3) is 2.64. The van der Waals surface area contributed by atoms with E-state index >= 15 is 0 Å². The van der Waals surface area contributed by atoms with E-state index in [1.165, 1.54) is 31.5 Å². The first kappa shape index (κ1) is 13.3. The molecule has 0 aromatic carbocycles. The predicted molar refractivity (Wildman–Crippen MR) is 73.4 cm³/mol. The summed E-state index contributed by atoms with van der Waals surface area (Å²) in [5, 5.41) is 0.0305. The van der Waals surface area contributed by atoms with Crippen LogP contribution in [0.4, 0.5) is 0 Å². The van der Waals surface area contributed by atoms with E-state index in [2.05, 4.69) is 9.71 Å². The maximum absolute atomic E-state index is 12.2. The van der Waals surface area contributed by atoms with E-state index in [0.717, 1.165) is 12.3 Å². The molecule has 3 atom stereocenters. The van der Waals surface area contributed by atoms with Gasteiger partial charge in [0.05, 0.1) is 0 Å². The molecule has 0 radical (unpaired) electrons. The number of pyridine rings is 1. The summed E-state index contributed by atoms with van der Waals surface area (Å²) in [7, 11) is -3.54. The van der Waals surface area contributed by atoms with Crippen LogP contribution in [0.25, 0.3) is 0 Å². The van der Waals surface area contributed by atoms with Crippen LogP contribution >= 0.6 is 11.6 Å². The molecule has 3 unspecified atom stereocenters. The molecule has 4 nitrogen and oxygen atoms in total. The van der Waals surface area contributed by atoms with E-state index in [9.17, 15) is 8.42 Å². The van der Waals surface area contributed by atoms with Gasteiger partial charge in [-0.05, 0) is 49.1 Å². The summed E-state index contributed by atoms with van der Waals surface area (Å²) in [4.78, 5) is 3.88. The molecule has 0 aliphatic heterocycles. The molecule has 0 amide bonds. The highest BCUT2D eigenvalue weighted by molar-refractivity contribution is 7.89. The van der Waals surface area contributed by atoms with Gasteiger partial charge in [0.2, 0.25) is 10.0 Å². The summed E-state index contributed by atoms with van der Waals surface area (Å²) in [6.07, 6.45) is 6.50. The topological polar surface area (TPSA) is 59.1 Å². The second-order valence-corrected chi connectivity index (χ2v) is 7.67. The van der Waals surface area contributed by atoms with Crippen molar-refractivity contribution in [3.8, 4) is 0 Å². The highest BCUT2D eigenvalue weighted by Crippen LogP contribution is 2.48. The van der Waals surface area contributed by atoms with Crippen molar-refractivity contribution in [2.45, 2.75) is 30.6 Å². The van der Waals surface area contributed by atoms with Gasteiger partial charge < -0.3 is 0 Å². The smallest absolute Gasteiger partial charge is 0.243 e. The number of nitrogens with zero attached hydrogens (tertiary/aromatic N) is 1. The van der Waals surface area contributed by atoms with Crippen molar-refractivity contribution in [1.82, 2.24) is 9.71 Å². The van der Waals surface area contributed by atoms with Gasteiger partial charge >= 0.3 is 0 Å². The monoisotopic (exact) mass is 300 g/mol. The molecule has 1 aromatic heterocycles. The molecular weight excluding hydrogens is 284 g/mol. The van der Waals surface area contributed by atoms with E-state index in [1.807, 2.05) is 0 Å². The SMILES string of the molecule is O=S(=O)(NCC1CC2CCC1C2)c1cccnc1Cl. The van der Waals surface area contributed by atoms with Crippen molar-refractivity contribution in [1.29, 1.82) is 0 Å². The fourth-order valence-electron chi connectivity index (χ4n) is 3.49. The van der Waals surface area contributed by atoms with Gasteiger partial charge in [-0.15, -0.1) is 0 Å². The van der Waals surface area contributed by atoms with E-state index in [0.29, 0.717) is 18.4 Å². The maximum atomic E-state index is 12.2. The van der Waals surface area contributed by atoms with Crippen molar-refractivity contribution in [3.05, 3.63) is 23.5 Å². The van der Waals surface area contributed by atoms with Crippen molar-refractivity contribution in [2.75, 3.05) is 6.54 Å². The minimum atomic E-state index is -3.54. The van der Waals surface area contributed by atoms with Crippen LogP contribution in [0.2, 0.25) is 5.15 Å². The number of sulfonamides is 1. The van der Waals surface area contributed by atoms with Gasteiger partial charge in [-0.1, -0.05) is 18.0 Å². The van der Waals surface area contributed by atoms with Crippen LogP contribution in [0.5, 0.6) is 0 Å². The van der Waals surface area contributed by atoms with Gasteiger partial charge in [-0.2, -0.15) is 0 Å². The van der Waals surface area contributed by atoms with Gasteiger partial charge in [0.25, 0.3) is 0 Å². The lowest BCUT2D eigenvalue weighted by atomic mass is 9.89. The summed E-state index contributed by atoms with van der Waals surface area (Å²) in [6.45, 7) is 0.523. The lowest BCUT2D eigenvalue weighted by Gasteiger charge is -2.21. The Labute approximate surface area is 118 Å². The number of rotatable bonds is 4. The van der Waals surface area contributed by atoms with Crippen LogP contribution < -0.4 is 4.72 Å². The Morgan fingerprint density at radius 2 is 2.21 bits per heavy atom. The van der Waals surface area contributed by atoms with Gasteiger partial charge in [0.15, 0.2) is 0 Å². The molecular formula is C13H17ClN2O2S. The molecule has 3 rings (SSSR count). The van der Waals surface area contributed by atoms with Crippen LogP contribution in [0, 0.1) is 17.8 Å². The van der Waals surface area contributed by atoms with Crippen molar-refractivity contribution in [2.24, 2.45) is 17.8 Å².